The number of β-amino-alcohol motifs (C(OH)–C–C–N with tert-alkyl or cyclic N) is 1. The van der Waals surface area contributed by atoms with Crippen molar-refractivity contribution < 1.29 is 19.1 Å². The van der Waals surface area contributed by atoms with Gasteiger partial charge < -0.3 is 15.7 Å². The molecule has 41 heavy (non-hydrogen) atoms. The highest BCUT2D eigenvalue weighted by Crippen LogP contribution is 2.33. The standard InChI is InChI=1S/C33H33FN4O3/c1-22(23-9-5-3-6-10-23)37-31(39)30(26-17-27(34)20-35-19-26)38(32(40)29-18-33(2,41)21-36-29)28-15-13-25(14-16-28)24-11-7-4-8-12-24/h3-17,19-20,22,29-30,36,41H,18,21H2,1-2H3,(H,37,39)/t22-,29?,30?,33?/m0/s1. The number of anilines is 1. The molecule has 2 amide bonds. The summed E-state index contributed by atoms with van der Waals surface area (Å²) in [6, 6.07) is 25.5. The third-order valence-electron chi connectivity index (χ3n) is 7.37. The highest BCUT2D eigenvalue weighted by molar-refractivity contribution is 6.04. The highest BCUT2D eigenvalue weighted by atomic mass is 19.1. The van der Waals surface area contributed by atoms with Gasteiger partial charge in [-0.3, -0.25) is 19.5 Å². The summed E-state index contributed by atoms with van der Waals surface area (Å²) in [5.74, 6) is -1.52. The third kappa shape index (κ3) is 6.51. The molecule has 1 aliphatic heterocycles. The van der Waals surface area contributed by atoms with Crippen LogP contribution in [0.1, 0.15) is 43.5 Å². The number of carbonyl (C=O) groups excluding carboxylic acids is 2. The Morgan fingerprint density at radius 1 is 0.976 bits per heavy atom. The Kier molecular flexibility index (Phi) is 8.23. The maximum absolute atomic E-state index is 14.5. The number of hydrogen-bond acceptors (Lipinski definition) is 5. The molecule has 0 bridgehead atoms. The maximum atomic E-state index is 14.5. The Bertz CT molecular complexity index is 1500. The van der Waals surface area contributed by atoms with Gasteiger partial charge in [0.25, 0.3) is 0 Å². The van der Waals surface area contributed by atoms with E-state index in [0.29, 0.717) is 5.69 Å². The molecule has 1 fully saturated rings. The number of pyridine rings is 1. The van der Waals surface area contributed by atoms with Crippen molar-refractivity contribution in [3.05, 3.63) is 120 Å². The van der Waals surface area contributed by atoms with Gasteiger partial charge in [-0.05, 0) is 48.7 Å². The van der Waals surface area contributed by atoms with Crippen molar-refractivity contribution in [2.45, 2.75) is 44.0 Å². The second-order valence-electron chi connectivity index (χ2n) is 10.7. The van der Waals surface area contributed by atoms with Gasteiger partial charge in [-0.25, -0.2) is 4.39 Å². The first kappa shape index (κ1) is 28.1. The zero-order chi connectivity index (χ0) is 29.0. The highest BCUT2D eigenvalue weighted by Gasteiger charge is 2.42. The average Bonchev–Trinajstić information content (AvgIpc) is 3.36. The molecule has 2 heterocycles. The number of nitrogens with one attached hydrogen (secondary N) is 2. The summed E-state index contributed by atoms with van der Waals surface area (Å²) in [5.41, 5.74) is 2.44. The van der Waals surface area contributed by atoms with Gasteiger partial charge in [0.2, 0.25) is 11.8 Å². The minimum atomic E-state index is -1.23. The first-order valence-corrected chi connectivity index (χ1v) is 13.6. The van der Waals surface area contributed by atoms with Gasteiger partial charge in [0.1, 0.15) is 11.9 Å². The molecule has 4 aromatic rings. The lowest BCUT2D eigenvalue weighted by Gasteiger charge is -2.34. The number of aromatic nitrogens is 1. The minimum Gasteiger partial charge on any atom is -0.389 e. The number of amides is 2. The summed E-state index contributed by atoms with van der Waals surface area (Å²) in [7, 11) is 0. The lowest BCUT2D eigenvalue weighted by atomic mass is 9.98. The summed E-state index contributed by atoms with van der Waals surface area (Å²) >= 11 is 0. The summed E-state index contributed by atoms with van der Waals surface area (Å²) in [5, 5.41) is 16.7. The summed E-state index contributed by atoms with van der Waals surface area (Å²) in [6.07, 6.45) is 2.62. The molecule has 1 saturated heterocycles. The predicted octanol–water partition coefficient (Wildman–Crippen LogP) is 4.95. The zero-order valence-electron chi connectivity index (χ0n) is 23.0. The second kappa shape index (κ2) is 12.0. The van der Waals surface area contributed by atoms with Crippen LogP contribution in [0.15, 0.2) is 103 Å². The van der Waals surface area contributed by atoms with E-state index >= 15 is 0 Å². The molecule has 3 N–H and O–H groups in total. The normalized spacial score (nSPS) is 19.8. The number of benzene rings is 3. The smallest absolute Gasteiger partial charge is 0.248 e. The topological polar surface area (TPSA) is 94.6 Å². The van der Waals surface area contributed by atoms with E-state index in [9.17, 15) is 19.1 Å². The second-order valence-corrected chi connectivity index (χ2v) is 10.7. The lowest BCUT2D eigenvalue weighted by molar-refractivity contribution is -0.127. The van der Waals surface area contributed by atoms with Crippen LogP contribution in [-0.4, -0.2) is 40.1 Å². The van der Waals surface area contributed by atoms with E-state index in [1.54, 1.807) is 19.1 Å². The van der Waals surface area contributed by atoms with Crippen LogP contribution >= 0.6 is 0 Å². The zero-order valence-corrected chi connectivity index (χ0v) is 23.0. The van der Waals surface area contributed by atoms with Crippen LogP contribution in [-0.2, 0) is 9.59 Å². The molecule has 3 aromatic carbocycles. The van der Waals surface area contributed by atoms with Crippen molar-refractivity contribution in [2.24, 2.45) is 0 Å². The molecule has 210 valence electrons. The van der Waals surface area contributed by atoms with Gasteiger partial charge in [-0.15, -0.1) is 0 Å². The van der Waals surface area contributed by atoms with Crippen LogP contribution in [0.25, 0.3) is 11.1 Å². The monoisotopic (exact) mass is 552 g/mol. The molecule has 0 spiro atoms. The van der Waals surface area contributed by atoms with Crippen molar-refractivity contribution in [3.63, 3.8) is 0 Å². The SMILES string of the molecule is C[C@H](NC(=O)C(c1cncc(F)c1)N(C(=O)C1CC(C)(O)CN1)c1ccc(-c2ccccc2)cc1)c1ccccc1. The minimum absolute atomic E-state index is 0.167. The molecule has 7 nitrogen and oxygen atoms in total. The Morgan fingerprint density at radius 3 is 2.22 bits per heavy atom. The van der Waals surface area contributed by atoms with Gasteiger partial charge in [0.05, 0.1) is 23.9 Å². The van der Waals surface area contributed by atoms with Crippen LogP contribution < -0.4 is 15.5 Å². The molecule has 8 heteroatoms. The number of carbonyl (C=O) groups is 2. The summed E-state index contributed by atoms with van der Waals surface area (Å²) in [6.45, 7) is 3.74. The Morgan fingerprint density at radius 2 is 1.61 bits per heavy atom. The van der Waals surface area contributed by atoms with Gasteiger partial charge in [0.15, 0.2) is 0 Å². The molecule has 0 saturated carbocycles. The van der Waals surface area contributed by atoms with Crippen LogP contribution in [0.4, 0.5) is 10.1 Å². The van der Waals surface area contributed by atoms with Gasteiger partial charge in [-0.2, -0.15) is 0 Å². The molecule has 4 atom stereocenters. The quantitative estimate of drug-likeness (QED) is 0.288. The van der Waals surface area contributed by atoms with Crippen molar-refractivity contribution in [1.29, 1.82) is 0 Å². The van der Waals surface area contributed by atoms with Gasteiger partial charge in [0, 0.05) is 30.4 Å². The number of aliphatic hydroxyl groups is 1. The fraction of sp³-hybridized carbons (Fsp3) is 0.242. The van der Waals surface area contributed by atoms with Crippen molar-refractivity contribution in [2.75, 3.05) is 11.4 Å². The largest absolute Gasteiger partial charge is 0.389 e. The summed E-state index contributed by atoms with van der Waals surface area (Å²) < 4.78 is 14.5. The van der Waals surface area contributed by atoms with Crippen LogP contribution in [0.3, 0.4) is 0 Å². The van der Waals surface area contributed by atoms with Crippen molar-refractivity contribution >= 4 is 17.5 Å². The molecular formula is C33H33FN4O3. The van der Waals surface area contributed by atoms with E-state index in [0.717, 1.165) is 22.9 Å². The molecule has 3 unspecified atom stereocenters. The molecule has 0 radical (unpaired) electrons. The van der Waals surface area contributed by atoms with Crippen LogP contribution in [0.5, 0.6) is 0 Å². The molecule has 5 rings (SSSR count). The Balaban J connectivity index is 1.57. The number of rotatable bonds is 8. The molecule has 0 aliphatic carbocycles. The first-order chi connectivity index (χ1) is 19.7. The van der Waals surface area contributed by atoms with E-state index in [1.165, 1.54) is 17.2 Å². The first-order valence-electron chi connectivity index (χ1n) is 13.6. The average molecular weight is 553 g/mol. The van der Waals surface area contributed by atoms with Crippen LogP contribution in [0.2, 0.25) is 0 Å². The van der Waals surface area contributed by atoms with E-state index in [-0.39, 0.29) is 24.6 Å². The predicted molar refractivity (Wildman–Crippen MR) is 156 cm³/mol. The Hall–Kier alpha value is -4.40. The third-order valence-corrected chi connectivity index (χ3v) is 7.37. The molecular weight excluding hydrogens is 519 g/mol. The molecule has 1 aromatic heterocycles. The lowest BCUT2D eigenvalue weighted by Crippen LogP contribution is -2.50. The Labute approximate surface area is 239 Å². The fourth-order valence-corrected chi connectivity index (χ4v) is 5.23. The fourth-order valence-electron chi connectivity index (χ4n) is 5.23. The number of halogens is 1. The van der Waals surface area contributed by atoms with Crippen molar-refractivity contribution in [3.8, 4) is 11.1 Å². The van der Waals surface area contributed by atoms with Crippen LogP contribution in [0, 0.1) is 5.82 Å². The van der Waals surface area contributed by atoms with Gasteiger partial charge >= 0.3 is 0 Å². The molecule has 1 aliphatic rings. The number of nitrogens with zero attached hydrogens (tertiary/aromatic N) is 2. The van der Waals surface area contributed by atoms with E-state index in [4.69, 9.17) is 0 Å². The van der Waals surface area contributed by atoms with Gasteiger partial charge in [-0.1, -0.05) is 72.8 Å². The van der Waals surface area contributed by atoms with E-state index in [2.05, 4.69) is 15.6 Å². The van der Waals surface area contributed by atoms with Crippen molar-refractivity contribution in [1.82, 2.24) is 15.6 Å². The summed E-state index contributed by atoms with van der Waals surface area (Å²) in [4.78, 5) is 33.6. The van der Waals surface area contributed by atoms with E-state index in [1.807, 2.05) is 79.7 Å². The van der Waals surface area contributed by atoms with E-state index < -0.39 is 35.3 Å². The maximum Gasteiger partial charge on any atom is 0.248 e. The number of hydrogen-bond donors (Lipinski definition) is 3.